The van der Waals surface area contributed by atoms with Crippen molar-refractivity contribution in [2.75, 3.05) is 0 Å². The molecular formula is C20H17N. The minimum atomic E-state index is 1.11. The van der Waals surface area contributed by atoms with Gasteiger partial charge in [-0.15, -0.1) is 0 Å². The SMILES string of the molecule is C(=Cc1ccc[nH]1)c1ccc(/C=C\c2ccccc2)cc1. The first-order chi connectivity index (χ1) is 10.4. The third-order valence-corrected chi connectivity index (χ3v) is 3.28. The Bertz CT molecular complexity index is 717. The van der Waals surface area contributed by atoms with Crippen molar-refractivity contribution in [3.8, 4) is 0 Å². The van der Waals surface area contributed by atoms with Crippen molar-refractivity contribution >= 4 is 24.3 Å². The Labute approximate surface area is 125 Å². The third-order valence-electron chi connectivity index (χ3n) is 3.28. The van der Waals surface area contributed by atoms with E-state index in [4.69, 9.17) is 0 Å². The highest BCUT2D eigenvalue weighted by Crippen LogP contribution is 2.12. The van der Waals surface area contributed by atoms with Crippen LogP contribution < -0.4 is 0 Å². The minimum Gasteiger partial charge on any atom is -0.362 e. The van der Waals surface area contributed by atoms with Crippen molar-refractivity contribution in [2.24, 2.45) is 0 Å². The van der Waals surface area contributed by atoms with E-state index in [-0.39, 0.29) is 0 Å². The number of H-pyrrole nitrogens is 1. The molecule has 0 saturated heterocycles. The van der Waals surface area contributed by atoms with Crippen LogP contribution in [0.15, 0.2) is 72.9 Å². The molecule has 2 aromatic carbocycles. The maximum atomic E-state index is 3.16. The molecule has 102 valence electrons. The first kappa shape index (κ1) is 13.2. The molecule has 0 unspecified atom stereocenters. The summed E-state index contributed by atoms with van der Waals surface area (Å²) in [5.41, 5.74) is 4.73. The highest BCUT2D eigenvalue weighted by Gasteiger charge is 1.90. The van der Waals surface area contributed by atoms with Crippen LogP contribution in [0.25, 0.3) is 24.3 Å². The smallest absolute Gasteiger partial charge is 0.0380 e. The van der Waals surface area contributed by atoms with E-state index >= 15 is 0 Å². The lowest BCUT2D eigenvalue weighted by Crippen LogP contribution is -1.75. The lowest BCUT2D eigenvalue weighted by molar-refractivity contribution is 1.38. The molecule has 0 radical (unpaired) electrons. The number of nitrogens with one attached hydrogen (secondary N) is 1. The van der Waals surface area contributed by atoms with Crippen LogP contribution in [0.4, 0.5) is 0 Å². The molecule has 21 heavy (non-hydrogen) atoms. The molecule has 0 bridgehead atoms. The van der Waals surface area contributed by atoms with E-state index in [0.29, 0.717) is 0 Å². The Morgan fingerprint density at radius 1 is 0.524 bits per heavy atom. The van der Waals surface area contributed by atoms with Crippen LogP contribution in [0, 0.1) is 0 Å². The topological polar surface area (TPSA) is 15.8 Å². The van der Waals surface area contributed by atoms with Gasteiger partial charge in [0.2, 0.25) is 0 Å². The van der Waals surface area contributed by atoms with Gasteiger partial charge < -0.3 is 4.98 Å². The average Bonchev–Trinajstić information content (AvgIpc) is 3.06. The van der Waals surface area contributed by atoms with Crippen LogP contribution in [0.1, 0.15) is 22.4 Å². The van der Waals surface area contributed by atoms with Gasteiger partial charge in [0.15, 0.2) is 0 Å². The molecule has 3 aromatic rings. The van der Waals surface area contributed by atoms with E-state index in [1.807, 2.05) is 36.5 Å². The molecule has 0 amide bonds. The van der Waals surface area contributed by atoms with Crippen LogP contribution in [0.5, 0.6) is 0 Å². The first-order valence-electron chi connectivity index (χ1n) is 7.05. The second-order valence-corrected chi connectivity index (χ2v) is 4.87. The van der Waals surface area contributed by atoms with Gasteiger partial charge >= 0.3 is 0 Å². The molecule has 3 rings (SSSR count). The maximum absolute atomic E-state index is 3.16. The van der Waals surface area contributed by atoms with E-state index in [9.17, 15) is 0 Å². The number of aromatic amines is 1. The van der Waals surface area contributed by atoms with Gasteiger partial charge in [0.1, 0.15) is 0 Å². The minimum absolute atomic E-state index is 1.11. The molecule has 0 spiro atoms. The standard InChI is InChI=1S/C20H17N/c1-2-5-17(6-3-1)8-9-18-10-12-19(13-11-18)14-15-20-7-4-16-21-20/h1-16,21H/b9-8-,15-14?. The number of aromatic nitrogens is 1. The average molecular weight is 271 g/mol. The second-order valence-electron chi connectivity index (χ2n) is 4.87. The van der Waals surface area contributed by atoms with Gasteiger partial charge in [-0.1, -0.05) is 72.8 Å². The summed E-state index contributed by atoms with van der Waals surface area (Å²) in [6.07, 6.45) is 10.4. The first-order valence-corrected chi connectivity index (χ1v) is 7.05. The van der Waals surface area contributed by atoms with Gasteiger partial charge in [-0.05, 0) is 34.9 Å². The second kappa shape index (κ2) is 6.58. The summed E-state index contributed by atoms with van der Waals surface area (Å²) in [6, 6.07) is 22.9. The van der Waals surface area contributed by atoms with Gasteiger partial charge in [0.05, 0.1) is 0 Å². The summed E-state index contributed by atoms with van der Waals surface area (Å²) < 4.78 is 0. The normalized spacial score (nSPS) is 11.4. The monoisotopic (exact) mass is 271 g/mol. The summed E-state index contributed by atoms with van der Waals surface area (Å²) in [7, 11) is 0. The third kappa shape index (κ3) is 3.83. The summed E-state index contributed by atoms with van der Waals surface area (Å²) in [5, 5.41) is 0. The van der Waals surface area contributed by atoms with Gasteiger partial charge in [0, 0.05) is 11.9 Å². The predicted molar refractivity (Wildman–Crippen MR) is 91.5 cm³/mol. The quantitative estimate of drug-likeness (QED) is 0.615. The van der Waals surface area contributed by atoms with Crippen LogP contribution >= 0.6 is 0 Å². The van der Waals surface area contributed by atoms with Crippen molar-refractivity contribution in [1.29, 1.82) is 0 Å². The Kier molecular flexibility index (Phi) is 4.13. The van der Waals surface area contributed by atoms with Gasteiger partial charge in [-0.3, -0.25) is 0 Å². The maximum Gasteiger partial charge on any atom is 0.0380 e. The van der Waals surface area contributed by atoms with Crippen molar-refractivity contribution in [3.63, 3.8) is 0 Å². The highest BCUT2D eigenvalue weighted by molar-refractivity contribution is 5.72. The zero-order chi connectivity index (χ0) is 14.3. The van der Waals surface area contributed by atoms with Crippen LogP contribution in [-0.2, 0) is 0 Å². The fourth-order valence-corrected chi connectivity index (χ4v) is 2.11. The highest BCUT2D eigenvalue weighted by atomic mass is 14.7. The van der Waals surface area contributed by atoms with Gasteiger partial charge in [-0.2, -0.15) is 0 Å². The molecule has 1 nitrogen and oxygen atoms in total. The molecule has 0 aliphatic heterocycles. The molecule has 0 atom stereocenters. The van der Waals surface area contributed by atoms with Crippen molar-refractivity contribution in [3.05, 3.63) is 95.3 Å². The predicted octanol–water partition coefficient (Wildman–Crippen LogP) is 5.36. The van der Waals surface area contributed by atoms with Crippen molar-refractivity contribution < 1.29 is 0 Å². The zero-order valence-corrected chi connectivity index (χ0v) is 11.7. The van der Waals surface area contributed by atoms with E-state index in [0.717, 1.165) is 5.69 Å². The number of benzene rings is 2. The summed E-state index contributed by atoms with van der Waals surface area (Å²) in [6.45, 7) is 0. The molecule has 1 heteroatoms. The van der Waals surface area contributed by atoms with Crippen LogP contribution in [0.2, 0.25) is 0 Å². The molecule has 1 N–H and O–H groups in total. The molecule has 1 heterocycles. The molecule has 1 aromatic heterocycles. The van der Waals surface area contributed by atoms with Gasteiger partial charge in [0.25, 0.3) is 0 Å². The van der Waals surface area contributed by atoms with E-state index < -0.39 is 0 Å². The number of hydrogen-bond acceptors (Lipinski definition) is 0. The largest absolute Gasteiger partial charge is 0.362 e. The van der Waals surface area contributed by atoms with Crippen molar-refractivity contribution in [2.45, 2.75) is 0 Å². The fraction of sp³-hybridized carbons (Fsp3) is 0. The van der Waals surface area contributed by atoms with Gasteiger partial charge in [-0.25, -0.2) is 0 Å². The van der Waals surface area contributed by atoms with Crippen LogP contribution in [0.3, 0.4) is 0 Å². The van der Waals surface area contributed by atoms with Crippen LogP contribution in [-0.4, -0.2) is 4.98 Å². The van der Waals surface area contributed by atoms with E-state index in [1.54, 1.807) is 0 Å². The van der Waals surface area contributed by atoms with Crippen molar-refractivity contribution in [1.82, 2.24) is 4.98 Å². The Morgan fingerprint density at radius 2 is 1.10 bits per heavy atom. The summed E-state index contributed by atoms with van der Waals surface area (Å²) >= 11 is 0. The van der Waals surface area contributed by atoms with E-state index in [2.05, 4.69) is 65.7 Å². The number of hydrogen-bond donors (Lipinski definition) is 1. The Hall–Kier alpha value is -2.80. The lowest BCUT2D eigenvalue weighted by atomic mass is 10.1. The summed E-state index contributed by atoms with van der Waals surface area (Å²) in [4.78, 5) is 3.16. The molecule has 0 saturated carbocycles. The van der Waals surface area contributed by atoms with E-state index in [1.165, 1.54) is 16.7 Å². The Balaban J connectivity index is 1.68. The lowest BCUT2D eigenvalue weighted by Gasteiger charge is -1.97. The Morgan fingerprint density at radius 3 is 1.67 bits per heavy atom. The molecule has 0 aliphatic rings. The summed E-state index contributed by atoms with van der Waals surface area (Å²) in [5.74, 6) is 0. The molecule has 0 aliphatic carbocycles. The molecular weight excluding hydrogens is 254 g/mol. The molecule has 0 fully saturated rings. The number of rotatable bonds is 4. The zero-order valence-electron chi connectivity index (χ0n) is 11.7. The fourth-order valence-electron chi connectivity index (χ4n) is 2.11.